The average Bonchev–Trinajstić information content (AvgIpc) is 3.63. The lowest BCUT2D eigenvalue weighted by molar-refractivity contribution is 0.0952. The molecule has 0 radical (unpaired) electrons. The summed E-state index contributed by atoms with van der Waals surface area (Å²) < 4.78 is 2.26. The maximum Gasteiger partial charge on any atom is 0.252 e. The molecule has 6 aromatic rings. The zero-order valence-corrected chi connectivity index (χ0v) is 28.5. The van der Waals surface area contributed by atoms with Gasteiger partial charge in [0.05, 0.1) is 28.4 Å². The first kappa shape index (κ1) is 31.8. The Hall–Kier alpha value is -3.08. The third kappa shape index (κ3) is 8.26. The molecule has 4 aromatic carbocycles. The second-order valence-electron chi connectivity index (χ2n) is 8.59. The van der Waals surface area contributed by atoms with Crippen molar-refractivity contribution in [1.29, 1.82) is 0 Å². The van der Waals surface area contributed by atoms with Gasteiger partial charge in [0.25, 0.3) is 11.8 Å². The maximum absolute atomic E-state index is 11.9. The molecule has 0 aliphatic rings. The molecule has 0 aliphatic carbocycles. The van der Waals surface area contributed by atoms with Gasteiger partial charge in [-0.1, -0.05) is 42.1 Å². The quantitative estimate of drug-likeness (QED) is 0.0956. The number of carbonyl (C=O) groups is 2. The fourth-order valence-electron chi connectivity index (χ4n) is 3.74. The van der Waals surface area contributed by atoms with E-state index in [-0.39, 0.29) is 11.8 Å². The number of amides is 2. The molecule has 4 N–H and O–H groups in total. The van der Waals surface area contributed by atoms with Crippen LogP contribution in [0.3, 0.4) is 0 Å². The first-order valence-electron chi connectivity index (χ1n) is 12.5. The molecule has 0 aliphatic heterocycles. The van der Waals surface area contributed by atoms with Gasteiger partial charge in [0, 0.05) is 43.1 Å². The van der Waals surface area contributed by atoms with Crippen LogP contribution in [0, 0.1) is 7.27 Å². The van der Waals surface area contributed by atoms with Gasteiger partial charge in [-0.3, -0.25) is 19.8 Å². The number of carbonyl (C=O) groups excluding carboxylic acids is 2. The molecule has 6 rings (SSSR count). The maximum atomic E-state index is 11.9. The molecular formula is C30H26I2N6O2S2. The Labute approximate surface area is 279 Å². The van der Waals surface area contributed by atoms with E-state index in [1.807, 2.05) is 60.8 Å². The molecule has 42 heavy (non-hydrogen) atoms. The Bertz CT molecular complexity index is 1840. The minimum absolute atomic E-state index is 0.0755. The van der Waals surface area contributed by atoms with Gasteiger partial charge in [-0.2, -0.15) is 10.2 Å². The van der Waals surface area contributed by atoms with Crippen LogP contribution in [0.15, 0.2) is 106 Å². The standard InChI is InChI=1S/C15H12IN3OS.C8H9NOS.C7H5IN2/c1-17-15(20)11-4-2-3-5-13(11)21-9-6-7-10-12(8-9)18-19-14(10)16;1-9-8(10)6-4-2-3-5-7(6)11;8-6-2-1-5-4-9-10-7(5)3-6/h2-8H,1H3,(H,17,20)(H,18,19);2-5,11H,1H3,(H,9,10);1-4H,(H,9,10). The summed E-state index contributed by atoms with van der Waals surface area (Å²) in [6.07, 6.45) is 1.82. The van der Waals surface area contributed by atoms with Gasteiger partial charge < -0.3 is 10.6 Å². The van der Waals surface area contributed by atoms with Gasteiger partial charge in [0.2, 0.25) is 0 Å². The van der Waals surface area contributed by atoms with Crippen molar-refractivity contribution in [3.8, 4) is 0 Å². The zero-order valence-electron chi connectivity index (χ0n) is 22.5. The molecule has 12 heteroatoms. The lowest BCUT2D eigenvalue weighted by Gasteiger charge is -2.07. The molecular weight excluding hydrogens is 794 g/mol. The SMILES string of the molecule is CNC(=O)c1ccccc1S.CNC(=O)c1ccccc1Sc1ccc2c(I)[nH]nc2c1.Ic1ccc2cn[nH]c2c1. The number of aromatic amines is 2. The van der Waals surface area contributed by atoms with Gasteiger partial charge in [-0.25, -0.2) is 0 Å². The number of aromatic nitrogens is 4. The van der Waals surface area contributed by atoms with Crippen LogP contribution in [-0.4, -0.2) is 46.3 Å². The van der Waals surface area contributed by atoms with E-state index in [0.717, 1.165) is 29.9 Å². The van der Waals surface area contributed by atoms with Gasteiger partial charge in [0.15, 0.2) is 0 Å². The molecule has 2 heterocycles. The minimum atomic E-state index is -0.101. The number of H-pyrrole nitrogens is 2. The van der Waals surface area contributed by atoms with Crippen LogP contribution in [0.25, 0.3) is 21.8 Å². The van der Waals surface area contributed by atoms with Crippen LogP contribution in [0.2, 0.25) is 0 Å². The third-order valence-corrected chi connectivity index (χ3v) is 8.80. The van der Waals surface area contributed by atoms with Crippen LogP contribution in [0.4, 0.5) is 0 Å². The predicted octanol–water partition coefficient (Wildman–Crippen LogP) is 7.18. The van der Waals surface area contributed by atoms with Crippen LogP contribution < -0.4 is 10.6 Å². The molecule has 0 spiro atoms. The van der Waals surface area contributed by atoms with Crippen LogP contribution in [0.1, 0.15) is 20.7 Å². The Kier molecular flexibility index (Phi) is 11.7. The van der Waals surface area contributed by atoms with E-state index in [1.165, 1.54) is 8.96 Å². The number of nitrogens with one attached hydrogen (secondary N) is 4. The number of rotatable bonds is 4. The molecule has 0 fully saturated rings. The largest absolute Gasteiger partial charge is 0.355 e. The number of fused-ring (bicyclic) bond motifs is 2. The highest BCUT2D eigenvalue weighted by Crippen LogP contribution is 2.32. The van der Waals surface area contributed by atoms with E-state index in [1.54, 1.807) is 38.0 Å². The lowest BCUT2D eigenvalue weighted by Crippen LogP contribution is -2.18. The average molecular weight is 821 g/mol. The molecule has 0 unspecified atom stereocenters. The van der Waals surface area contributed by atoms with Gasteiger partial charge >= 0.3 is 0 Å². The normalized spacial score (nSPS) is 10.3. The molecule has 2 aromatic heterocycles. The summed E-state index contributed by atoms with van der Waals surface area (Å²) in [5, 5.41) is 21.5. The highest BCUT2D eigenvalue weighted by molar-refractivity contribution is 14.1. The number of benzene rings is 4. The summed E-state index contributed by atoms with van der Waals surface area (Å²) in [4.78, 5) is 25.7. The summed E-state index contributed by atoms with van der Waals surface area (Å²) in [7, 11) is 3.24. The van der Waals surface area contributed by atoms with Crippen molar-refractivity contribution in [2.24, 2.45) is 0 Å². The molecule has 2 amide bonds. The Balaban J connectivity index is 0.000000161. The summed E-state index contributed by atoms with van der Waals surface area (Å²) in [5.74, 6) is -0.177. The lowest BCUT2D eigenvalue weighted by atomic mass is 10.2. The smallest absolute Gasteiger partial charge is 0.252 e. The van der Waals surface area contributed by atoms with Crippen molar-refractivity contribution in [2.75, 3.05) is 14.1 Å². The second-order valence-corrected chi connectivity index (χ2v) is 12.5. The van der Waals surface area contributed by atoms with Gasteiger partial charge in [-0.05, 0) is 99.8 Å². The van der Waals surface area contributed by atoms with E-state index in [9.17, 15) is 9.59 Å². The summed E-state index contributed by atoms with van der Waals surface area (Å²) in [6, 6.07) is 27.1. The molecule has 0 bridgehead atoms. The van der Waals surface area contributed by atoms with Crippen LogP contribution >= 0.6 is 69.6 Å². The number of nitrogens with zero attached hydrogens (tertiary/aromatic N) is 2. The summed E-state index contributed by atoms with van der Waals surface area (Å²) >= 11 is 10.2. The molecule has 214 valence electrons. The Morgan fingerprint density at radius 2 is 1.52 bits per heavy atom. The number of hydrogen-bond donors (Lipinski definition) is 5. The van der Waals surface area contributed by atoms with E-state index in [2.05, 4.69) is 107 Å². The third-order valence-electron chi connectivity index (χ3n) is 5.85. The number of hydrogen-bond acceptors (Lipinski definition) is 6. The van der Waals surface area contributed by atoms with Crippen molar-refractivity contribution >= 4 is 103 Å². The minimum Gasteiger partial charge on any atom is -0.355 e. The first-order chi connectivity index (χ1) is 20.3. The molecule has 0 saturated carbocycles. The molecule has 0 saturated heterocycles. The topological polar surface area (TPSA) is 116 Å². The van der Waals surface area contributed by atoms with Gasteiger partial charge in [-0.15, -0.1) is 12.6 Å². The Morgan fingerprint density at radius 3 is 2.26 bits per heavy atom. The Morgan fingerprint density at radius 1 is 0.833 bits per heavy atom. The van der Waals surface area contributed by atoms with Crippen LogP contribution in [-0.2, 0) is 0 Å². The highest BCUT2D eigenvalue weighted by atomic mass is 127. The first-order valence-corrected chi connectivity index (χ1v) is 15.9. The molecule has 0 atom stereocenters. The van der Waals surface area contributed by atoms with E-state index in [0.29, 0.717) is 16.0 Å². The second kappa shape index (κ2) is 15.4. The van der Waals surface area contributed by atoms with Crippen molar-refractivity contribution in [3.63, 3.8) is 0 Å². The van der Waals surface area contributed by atoms with E-state index in [4.69, 9.17) is 0 Å². The summed E-state index contributed by atoms with van der Waals surface area (Å²) in [5.41, 5.74) is 3.33. The zero-order chi connectivity index (χ0) is 30.1. The number of thiol groups is 1. The molecule has 8 nitrogen and oxygen atoms in total. The van der Waals surface area contributed by atoms with Crippen molar-refractivity contribution in [1.82, 2.24) is 31.0 Å². The van der Waals surface area contributed by atoms with Crippen LogP contribution in [0.5, 0.6) is 0 Å². The van der Waals surface area contributed by atoms with Crippen molar-refractivity contribution in [3.05, 3.63) is 110 Å². The van der Waals surface area contributed by atoms with Gasteiger partial charge in [0.1, 0.15) is 3.70 Å². The number of halogens is 2. The van der Waals surface area contributed by atoms with E-state index < -0.39 is 0 Å². The summed E-state index contributed by atoms with van der Waals surface area (Å²) in [6.45, 7) is 0. The highest BCUT2D eigenvalue weighted by Gasteiger charge is 2.11. The fourth-order valence-corrected chi connectivity index (χ4v) is 6.04. The predicted molar refractivity (Wildman–Crippen MR) is 189 cm³/mol. The van der Waals surface area contributed by atoms with E-state index >= 15 is 0 Å². The fraction of sp³-hybridized carbons (Fsp3) is 0.0667. The van der Waals surface area contributed by atoms with Crippen molar-refractivity contribution < 1.29 is 9.59 Å². The monoisotopic (exact) mass is 820 g/mol. The van der Waals surface area contributed by atoms with Crippen molar-refractivity contribution in [2.45, 2.75) is 14.7 Å².